The maximum Gasteiger partial charge on any atom is 0.310 e. The Morgan fingerprint density at radius 1 is 1.24 bits per heavy atom. The molecule has 0 aromatic heterocycles. The topological polar surface area (TPSA) is 90.9 Å². The predicted octanol–water partition coefficient (Wildman–Crippen LogP) is 0.647. The van der Waals surface area contributed by atoms with Crippen molar-refractivity contribution in [2.45, 2.75) is 44.6 Å². The molecule has 1 fully saturated rings. The van der Waals surface area contributed by atoms with Crippen LogP contribution in [0.25, 0.3) is 0 Å². The Morgan fingerprint density at radius 2 is 1.86 bits per heavy atom. The summed E-state index contributed by atoms with van der Waals surface area (Å²) in [5.41, 5.74) is 0. The van der Waals surface area contributed by atoms with Crippen molar-refractivity contribution in [2.24, 2.45) is 5.92 Å². The zero-order valence-electron chi connectivity index (χ0n) is 12.8. The zero-order valence-corrected chi connectivity index (χ0v) is 13.6. The first-order chi connectivity index (χ1) is 9.96. The molecule has 0 bridgehead atoms. The molecule has 0 heterocycles. The molecule has 0 aromatic carbocycles. The third-order valence-corrected chi connectivity index (χ3v) is 5.44. The second-order valence-electron chi connectivity index (χ2n) is 4.83. The van der Waals surface area contributed by atoms with Gasteiger partial charge in [-0.3, -0.25) is 4.79 Å². The summed E-state index contributed by atoms with van der Waals surface area (Å²) < 4.78 is 42.5. The van der Waals surface area contributed by atoms with Crippen molar-refractivity contribution in [3.05, 3.63) is 0 Å². The van der Waals surface area contributed by atoms with Gasteiger partial charge in [-0.15, -0.1) is 0 Å². The molecule has 21 heavy (non-hydrogen) atoms. The van der Waals surface area contributed by atoms with Crippen LogP contribution in [0.4, 0.5) is 0 Å². The standard InChI is InChI=1S/C13H25NO6S/c1-4-19-12(20-5-2)9-14-21(16,17)11-8-6-7-10(11)13(15)18-3/h10-12,14H,4-9H2,1-3H3. The van der Waals surface area contributed by atoms with E-state index >= 15 is 0 Å². The van der Waals surface area contributed by atoms with Gasteiger partial charge in [0.25, 0.3) is 0 Å². The van der Waals surface area contributed by atoms with E-state index in [1.54, 1.807) is 0 Å². The molecule has 0 aliphatic heterocycles. The lowest BCUT2D eigenvalue weighted by Gasteiger charge is -2.21. The van der Waals surface area contributed by atoms with Crippen molar-refractivity contribution in [3.63, 3.8) is 0 Å². The van der Waals surface area contributed by atoms with Gasteiger partial charge < -0.3 is 14.2 Å². The lowest BCUT2D eigenvalue weighted by molar-refractivity contribution is -0.145. The van der Waals surface area contributed by atoms with E-state index in [2.05, 4.69) is 9.46 Å². The number of carbonyl (C=O) groups excluding carboxylic acids is 1. The Hall–Kier alpha value is -0.700. The first-order valence-corrected chi connectivity index (χ1v) is 8.80. The van der Waals surface area contributed by atoms with E-state index in [-0.39, 0.29) is 6.54 Å². The van der Waals surface area contributed by atoms with E-state index in [0.717, 1.165) is 0 Å². The van der Waals surface area contributed by atoms with E-state index in [1.807, 2.05) is 13.8 Å². The number of esters is 1. The fourth-order valence-corrected chi connectivity index (χ4v) is 4.29. The number of hydrogen-bond donors (Lipinski definition) is 1. The van der Waals surface area contributed by atoms with Crippen LogP contribution in [-0.4, -0.2) is 52.8 Å². The van der Waals surface area contributed by atoms with Crippen LogP contribution in [-0.2, 0) is 29.0 Å². The molecule has 1 aliphatic rings. The van der Waals surface area contributed by atoms with Gasteiger partial charge in [0.05, 0.1) is 24.8 Å². The van der Waals surface area contributed by atoms with Crippen LogP contribution in [0.2, 0.25) is 0 Å². The maximum absolute atomic E-state index is 12.3. The summed E-state index contributed by atoms with van der Waals surface area (Å²) in [4.78, 5) is 11.7. The van der Waals surface area contributed by atoms with Crippen molar-refractivity contribution in [1.82, 2.24) is 4.72 Å². The minimum absolute atomic E-state index is 0.0361. The summed E-state index contributed by atoms with van der Waals surface area (Å²) in [6.45, 7) is 4.52. The second kappa shape index (κ2) is 8.67. The van der Waals surface area contributed by atoms with Crippen LogP contribution in [0.3, 0.4) is 0 Å². The average molecular weight is 323 g/mol. The van der Waals surface area contributed by atoms with Crippen LogP contribution in [0, 0.1) is 5.92 Å². The van der Waals surface area contributed by atoms with Crippen molar-refractivity contribution in [3.8, 4) is 0 Å². The fourth-order valence-electron chi connectivity index (χ4n) is 2.55. The van der Waals surface area contributed by atoms with E-state index < -0.39 is 33.5 Å². The van der Waals surface area contributed by atoms with Crippen LogP contribution < -0.4 is 4.72 Å². The van der Waals surface area contributed by atoms with Crippen LogP contribution >= 0.6 is 0 Å². The molecular weight excluding hydrogens is 298 g/mol. The molecule has 2 unspecified atom stereocenters. The van der Waals surface area contributed by atoms with Crippen molar-refractivity contribution in [1.29, 1.82) is 0 Å². The van der Waals surface area contributed by atoms with Gasteiger partial charge in [0.15, 0.2) is 6.29 Å². The minimum atomic E-state index is -3.61. The Kier molecular flexibility index (Phi) is 7.58. The molecule has 1 rings (SSSR count). The van der Waals surface area contributed by atoms with Gasteiger partial charge in [-0.05, 0) is 26.7 Å². The van der Waals surface area contributed by atoms with Crippen LogP contribution in [0.15, 0.2) is 0 Å². The highest BCUT2D eigenvalue weighted by Crippen LogP contribution is 2.31. The SMILES string of the molecule is CCOC(CNS(=O)(=O)C1CCCC1C(=O)OC)OCC. The summed E-state index contributed by atoms with van der Waals surface area (Å²) in [5.74, 6) is -1.06. The van der Waals surface area contributed by atoms with Crippen LogP contribution in [0.1, 0.15) is 33.1 Å². The number of carbonyl (C=O) groups is 1. The summed E-state index contributed by atoms with van der Waals surface area (Å²) in [6.07, 6.45) is 1.08. The summed E-state index contributed by atoms with van der Waals surface area (Å²) in [5, 5.41) is -0.742. The Labute approximate surface area is 126 Å². The van der Waals surface area contributed by atoms with Gasteiger partial charge >= 0.3 is 5.97 Å². The minimum Gasteiger partial charge on any atom is -0.469 e. The third-order valence-electron chi connectivity index (χ3n) is 3.51. The number of ether oxygens (including phenoxy) is 3. The number of sulfonamides is 1. The molecule has 0 aromatic rings. The normalized spacial score (nSPS) is 22.7. The van der Waals surface area contributed by atoms with Gasteiger partial charge in [0.1, 0.15) is 0 Å². The highest BCUT2D eigenvalue weighted by molar-refractivity contribution is 7.90. The Bertz CT molecular complexity index is 418. The molecule has 2 atom stereocenters. The van der Waals surface area contributed by atoms with Gasteiger partial charge in [-0.2, -0.15) is 0 Å². The molecule has 8 heteroatoms. The van der Waals surface area contributed by atoms with Crippen LogP contribution in [0.5, 0.6) is 0 Å². The lowest BCUT2D eigenvalue weighted by atomic mass is 10.1. The monoisotopic (exact) mass is 323 g/mol. The zero-order chi connectivity index (χ0) is 15.9. The van der Waals surface area contributed by atoms with Gasteiger partial charge in [-0.25, -0.2) is 13.1 Å². The number of nitrogens with one attached hydrogen (secondary N) is 1. The smallest absolute Gasteiger partial charge is 0.310 e. The highest BCUT2D eigenvalue weighted by atomic mass is 32.2. The maximum atomic E-state index is 12.3. The molecule has 1 aliphatic carbocycles. The van der Waals surface area contributed by atoms with Gasteiger partial charge in [0, 0.05) is 13.2 Å². The lowest BCUT2D eigenvalue weighted by Crippen LogP contribution is -2.43. The largest absolute Gasteiger partial charge is 0.469 e. The first-order valence-electron chi connectivity index (χ1n) is 7.25. The molecular formula is C13H25NO6S. The molecule has 7 nitrogen and oxygen atoms in total. The third kappa shape index (κ3) is 5.21. The Morgan fingerprint density at radius 3 is 2.38 bits per heavy atom. The van der Waals surface area contributed by atoms with E-state index in [0.29, 0.717) is 32.5 Å². The molecule has 1 N–H and O–H groups in total. The predicted molar refractivity (Wildman–Crippen MR) is 77.1 cm³/mol. The summed E-state index contributed by atoms with van der Waals surface area (Å²) in [7, 11) is -2.33. The number of hydrogen-bond acceptors (Lipinski definition) is 6. The van der Waals surface area contributed by atoms with E-state index in [1.165, 1.54) is 7.11 Å². The quantitative estimate of drug-likeness (QED) is 0.495. The summed E-state index contributed by atoms with van der Waals surface area (Å²) >= 11 is 0. The Balaban J connectivity index is 2.65. The summed E-state index contributed by atoms with van der Waals surface area (Å²) in [6, 6.07) is 0. The number of rotatable bonds is 9. The van der Waals surface area contributed by atoms with Crippen molar-refractivity contribution in [2.75, 3.05) is 26.9 Å². The average Bonchev–Trinajstić information content (AvgIpc) is 2.95. The fraction of sp³-hybridized carbons (Fsp3) is 0.923. The second-order valence-corrected chi connectivity index (χ2v) is 6.82. The molecule has 0 saturated heterocycles. The highest BCUT2D eigenvalue weighted by Gasteiger charge is 2.42. The first kappa shape index (κ1) is 18.3. The van der Waals surface area contributed by atoms with Crippen molar-refractivity contribution < 1.29 is 27.4 Å². The van der Waals surface area contributed by atoms with Crippen molar-refractivity contribution >= 4 is 16.0 Å². The molecule has 124 valence electrons. The molecule has 1 saturated carbocycles. The molecule has 0 radical (unpaired) electrons. The van der Waals surface area contributed by atoms with Gasteiger partial charge in [0.2, 0.25) is 10.0 Å². The van der Waals surface area contributed by atoms with Gasteiger partial charge in [-0.1, -0.05) is 6.42 Å². The van der Waals surface area contributed by atoms with E-state index in [9.17, 15) is 13.2 Å². The molecule has 0 amide bonds. The number of methoxy groups -OCH3 is 1. The van der Waals surface area contributed by atoms with E-state index in [4.69, 9.17) is 9.47 Å². The molecule has 0 spiro atoms.